The minimum absolute atomic E-state index is 0. The van der Waals surface area contributed by atoms with Crippen LogP contribution < -0.4 is 28.5 Å². The Morgan fingerprint density at radius 3 is 2.42 bits per heavy atom. The number of hydrogen-bond acceptors (Lipinski definition) is 0. The van der Waals surface area contributed by atoms with E-state index in [2.05, 4.69) is 51.9 Å². The lowest BCUT2D eigenvalue weighted by Crippen LogP contribution is -3.00. The molecule has 0 fully saturated rings. The SMILES string of the molecule is CCCC[n+]1ccc(Br)cc1.[I-]. The number of unbranched alkanes of at least 4 members (excludes halogenated alkanes) is 1. The summed E-state index contributed by atoms with van der Waals surface area (Å²) in [6.45, 7) is 3.34. The summed E-state index contributed by atoms with van der Waals surface area (Å²) in [6, 6.07) is 4.13. The summed E-state index contributed by atoms with van der Waals surface area (Å²) < 4.78 is 3.35. The van der Waals surface area contributed by atoms with Crippen molar-refractivity contribution in [2.45, 2.75) is 26.3 Å². The Morgan fingerprint density at radius 1 is 1.33 bits per heavy atom. The standard InChI is InChI=1S/C9H13BrN.HI/c1-2-3-6-11-7-4-9(10)5-8-11;/h4-5,7-8H,2-3,6H2,1H3;1H/q+1;/p-1. The van der Waals surface area contributed by atoms with E-state index in [1.54, 1.807) is 0 Å². The van der Waals surface area contributed by atoms with Gasteiger partial charge in [-0.3, -0.25) is 0 Å². The topological polar surface area (TPSA) is 3.88 Å². The molecule has 0 radical (unpaired) electrons. The molecule has 12 heavy (non-hydrogen) atoms. The van der Waals surface area contributed by atoms with Crippen LogP contribution in [0.2, 0.25) is 0 Å². The molecule has 0 spiro atoms. The Kier molecular flexibility index (Phi) is 7.04. The van der Waals surface area contributed by atoms with Gasteiger partial charge in [0, 0.05) is 23.0 Å². The molecule has 0 aliphatic carbocycles. The van der Waals surface area contributed by atoms with Crippen LogP contribution in [0, 0.1) is 0 Å². The van der Waals surface area contributed by atoms with E-state index in [9.17, 15) is 0 Å². The molecule has 1 nitrogen and oxygen atoms in total. The van der Waals surface area contributed by atoms with Crippen LogP contribution in [-0.2, 0) is 6.54 Å². The van der Waals surface area contributed by atoms with Gasteiger partial charge in [0.1, 0.15) is 6.54 Å². The van der Waals surface area contributed by atoms with Crippen molar-refractivity contribution < 1.29 is 28.5 Å². The Bertz CT molecular complexity index is 210. The monoisotopic (exact) mass is 341 g/mol. The zero-order valence-corrected chi connectivity index (χ0v) is 10.9. The average Bonchev–Trinajstić information content (AvgIpc) is 2.04. The Labute approximate surface area is 99.3 Å². The predicted molar refractivity (Wildman–Crippen MR) is 49.2 cm³/mol. The van der Waals surface area contributed by atoms with Gasteiger partial charge in [-0.05, 0) is 0 Å². The fourth-order valence-electron chi connectivity index (χ4n) is 0.929. The zero-order chi connectivity index (χ0) is 8.10. The first-order valence-electron chi connectivity index (χ1n) is 3.97. The van der Waals surface area contributed by atoms with Crippen LogP contribution in [0.3, 0.4) is 0 Å². The molecule has 0 aliphatic heterocycles. The first kappa shape index (κ1) is 12.4. The number of aryl methyl sites for hydroxylation is 1. The maximum Gasteiger partial charge on any atom is 0.169 e. The Morgan fingerprint density at radius 2 is 1.92 bits per heavy atom. The van der Waals surface area contributed by atoms with Crippen LogP contribution >= 0.6 is 15.9 Å². The van der Waals surface area contributed by atoms with Gasteiger partial charge in [-0.1, -0.05) is 29.3 Å². The van der Waals surface area contributed by atoms with Gasteiger partial charge in [0.2, 0.25) is 0 Å². The minimum atomic E-state index is 0. The Balaban J connectivity index is 0.00000121. The van der Waals surface area contributed by atoms with Crippen LogP contribution in [0.5, 0.6) is 0 Å². The van der Waals surface area contributed by atoms with Crippen molar-refractivity contribution in [3.05, 3.63) is 29.0 Å². The number of rotatable bonds is 3. The highest BCUT2D eigenvalue weighted by atomic mass is 127. The van der Waals surface area contributed by atoms with E-state index >= 15 is 0 Å². The quantitative estimate of drug-likeness (QED) is 0.517. The van der Waals surface area contributed by atoms with E-state index in [0.717, 1.165) is 11.0 Å². The first-order valence-corrected chi connectivity index (χ1v) is 4.77. The number of pyridine rings is 1. The molecule has 0 saturated carbocycles. The van der Waals surface area contributed by atoms with E-state index in [-0.39, 0.29) is 24.0 Å². The molecular weight excluding hydrogens is 329 g/mol. The first-order chi connectivity index (χ1) is 5.33. The highest BCUT2D eigenvalue weighted by Gasteiger charge is 1.96. The molecule has 1 aromatic rings. The molecule has 0 N–H and O–H groups in total. The summed E-state index contributed by atoms with van der Waals surface area (Å²) >= 11 is 3.40. The van der Waals surface area contributed by atoms with Crippen molar-refractivity contribution >= 4 is 15.9 Å². The molecule has 0 unspecified atom stereocenters. The molecule has 0 aromatic carbocycles. The fourth-order valence-corrected chi connectivity index (χ4v) is 1.17. The minimum Gasteiger partial charge on any atom is -1.00 e. The van der Waals surface area contributed by atoms with Crippen molar-refractivity contribution in [2.24, 2.45) is 0 Å². The molecule has 68 valence electrons. The Hall–Kier alpha value is 0.360. The molecule has 0 bridgehead atoms. The second-order valence-electron chi connectivity index (χ2n) is 2.61. The van der Waals surface area contributed by atoms with E-state index in [4.69, 9.17) is 0 Å². The van der Waals surface area contributed by atoms with Gasteiger partial charge in [-0.2, -0.15) is 0 Å². The molecule has 1 heterocycles. The normalized spacial score (nSPS) is 9.17. The van der Waals surface area contributed by atoms with Crippen LogP contribution in [-0.4, -0.2) is 0 Å². The van der Waals surface area contributed by atoms with Gasteiger partial charge in [-0.25, -0.2) is 4.57 Å². The highest BCUT2D eigenvalue weighted by Crippen LogP contribution is 2.03. The van der Waals surface area contributed by atoms with Crippen molar-refractivity contribution in [1.29, 1.82) is 0 Å². The van der Waals surface area contributed by atoms with Crippen molar-refractivity contribution in [3.63, 3.8) is 0 Å². The van der Waals surface area contributed by atoms with Crippen LogP contribution in [0.1, 0.15) is 19.8 Å². The lowest BCUT2D eigenvalue weighted by molar-refractivity contribution is -0.697. The molecule has 0 aliphatic rings. The second kappa shape index (κ2) is 6.83. The third-order valence-corrected chi connectivity index (χ3v) is 2.15. The summed E-state index contributed by atoms with van der Waals surface area (Å²) in [5, 5.41) is 0. The summed E-state index contributed by atoms with van der Waals surface area (Å²) in [5.74, 6) is 0. The van der Waals surface area contributed by atoms with E-state index < -0.39 is 0 Å². The smallest absolute Gasteiger partial charge is 0.169 e. The van der Waals surface area contributed by atoms with Gasteiger partial charge in [-0.15, -0.1) is 0 Å². The van der Waals surface area contributed by atoms with E-state index in [1.165, 1.54) is 12.8 Å². The lowest BCUT2D eigenvalue weighted by Gasteiger charge is -1.93. The molecule has 1 rings (SSSR count). The molecule has 0 saturated heterocycles. The van der Waals surface area contributed by atoms with Gasteiger partial charge >= 0.3 is 0 Å². The molecule has 0 amide bonds. The largest absolute Gasteiger partial charge is 1.00 e. The average molecular weight is 342 g/mol. The van der Waals surface area contributed by atoms with Crippen molar-refractivity contribution in [1.82, 2.24) is 0 Å². The maximum atomic E-state index is 3.40. The van der Waals surface area contributed by atoms with Crippen LogP contribution in [0.15, 0.2) is 29.0 Å². The fraction of sp³-hybridized carbons (Fsp3) is 0.444. The third kappa shape index (κ3) is 4.40. The summed E-state index contributed by atoms with van der Waals surface area (Å²) in [7, 11) is 0. The van der Waals surface area contributed by atoms with Gasteiger partial charge in [0.25, 0.3) is 0 Å². The zero-order valence-electron chi connectivity index (χ0n) is 7.13. The molecular formula is C9H13BrIN. The summed E-state index contributed by atoms with van der Waals surface area (Å²) in [5.41, 5.74) is 0. The van der Waals surface area contributed by atoms with Crippen LogP contribution in [0.25, 0.3) is 0 Å². The molecule has 1 aromatic heterocycles. The highest BCUT2D eigenvalue weighted by molar-refractivity contribution is 9.10. The van der Waals surface area contributed by atoms with Gasteiger partial charge in [0.15, 0.2) is 12.4 Å². The molecule has 0 atom stereocenters. The van der Waals surface area contributed by atoms with Crippen molar-refractivity contribution in [3.8, 4) is 0 Å². The van der Waals surface area contributed by atoms with Crippen LogP contribution in [0.4, 0.5) is 0 Å². The predicted octanol–water partition coefficient (Wildman–Crippen LogP) is -0.459. The molecule has 3 heteroatoms. The number of halogens is 2. The number of hydrogen-bond donors (Lipinski definition) is 0. The number of aromatic nitrogens is 1. The number of nitrogens with zero attached hydrogens (tertiary/aromatic N) is 1. The summed E-state index contributed by atoms with van der Waals surface area (Å²) in [6.07, 6.45) is 6.70. The third-order valence-electron chi connectivity index (χ3n) is 1.62. The van der Waals surface area contributed by atoms with E-state index in [1.807, 2.05) is 0 Å². The summed E-state index contributed by atoms with van der Waals surface area (Å²) in [4.78, 5) is 0. The lowest BCUT2D eigenvalue weighted by atomic mass is 10.3. The van der Waals surface area contributed by atoms with Gasteiger partial charge in [0.05, 0.1) is 0 Å². The van der Waals surface area contributed by atoms with Gasteiger partial charge < -0.3 is 24.0 Å². The van der Waals surface area contributed by atoms with E-state index in [0.29, 0.717) is 0 Å². The second-order valence-corrected chi connectivity index (χ2v) is 3.52. The maximum absolute atomic E-state index is 3.40. The van der Waals surface area contributed by atoms with Crippen molar-refractivity contribution in [2.75, 3.05) is 0 Å².